The second-order valence-corrected chi connectivity index (χ2v) is 8.39. The lowest BCUT2D eigenvalue weighted by atomic mass is 10.1. The van der Waals surface area contributed by atoms with Crippen LogP contribution in [0, 0.1) is 5.92 Å². The van der Waals surface area contributed by atoms with Gasteiger partial charge in [0.25, 0.3) is 0 Å². The van der Waals surface area contributed by atoms with Crippen LogP contribution in [-0.4, -0.2) is 24.7 Å². The summed E-state index contributed by atoms with van der Waals surface area (Å²) >= 11 is 11.7. The molecular formula is C16H12Cl2O4S. The minimum atomic E-state index is -3.77. The molecule has 0 aliphatic heterocycles. The Hall–Kier alpha value is -1.56. The Morgan fingerprint density at radius 2 is 1.65 bits per heavy atom. The van der Waals surface area contributed by atoms with E-state index in [0.29, 0.717) is 15.6 Å². The molecular weight excluding hydrogens is 359 g/mol. The van der Waals surface area contributed by atoms with Crippen molar-refractivity contribution in [1.82, 2.24) is 0 Å². The normalized spacial score (nSPS) is 23.5. The molecule has 1 aliphatic carbocycles. The third-order valence-corrected chi connectivity index (χ3v) is 6.69. The number of rotatable bonds is 4. The van der Waals surface area contributed by atoms with Crippen molar-refractivity contribution < 1.29 is 18.3 Å². The van der Waals surface area contributed by atoms with Gasteiger partial charge in [0.05, 0.1) is 16.1 Å². The van der Waals surface area contributed by atoms with E-state index in [1.54, 1.807) is 24.3 Å². The number of hydrogen-bond acceptors (Lipinski definition) is 3. The smallest absolute Gasteiger partial charge is 0.308 e. The van der Waals surface area contributed by atoms with Crippen LogP contribution in [0.4, 0.5) is 0 Å². The van der Waals surface area contributed by atoms with E-state index < -0.39 is 32.9 Å². The van der Waals surface area contributed by atoms with E-state index in [1.165, 1.54) is 24.3 Å². The average molecular weight is 371 g/mol. The average Bonchev–Trinajstić information content (AvgIpc) is 3.24. The van der Waals surface area contributed by atoms with Crippen molar-refractivity contribution in [2.24, 2.45) is 5.92 Å². The van der Waals surface area contributed by atoms with Gasteiger partial charge in [0.1, 0.15) is 0 Å². The summed E-state index contributed by atoms with van der Waals surface area (Å²) < 4.78 is 25.5. The highest BCUT2D eigenvalue weighted by molar-refractivity contribution is 7.92. The lowest BCUT2D eigenvalue weighted by molar-refractivity contribution is -0.138. The second kappa shape index (κ2) is 5.82. The molecule has 23 heavy (non-hydrogen) atoms. The van der Waals surface area contributed by atoms with Crippen LogP contribution in [-0.2, 0) is 14.6 Å². The van der Waals surface area contributed by atoms with Crippen molar-refractivity contribution in [3.63, 3.8) is 0 Å². The number of carboxylic acids is 1. The monoisotopic (exact) mass is 370 g/mol. The Bertz CT molecular complexity index is 862. The SMILES string of the molecule is O=C(O)[C@@H]1[C@@H](c2cccc(Cl)c2)[C@@H]1S(=O)(=O)c1ccc(Cl)cc1. The number of halogens is 2. The number of hydrogen-bond donors (Lipinski definition) is 1. The number of benzene rings is 2. The Kier molecular flexibility index (Phi) is 4.12. The molecule has 1 fully saturated rings. The zero-order valence-corrected chi connectivity index (χ0v) is 14.0. The van der Waals surface area contributed by atoms with Crippen LogP contribution < -0.4 is 0 Å². The Morgan fingerprint density at radius 1 is 1.00 bits per heavy atom. The standard InChI is InChI=1S/C16H12Cl2O4S/c17-10-4-6-12(7-5-10)23(21,22)15-13(14(15)16(19)20)9-2-1-3-11(18)8-9/h1-8,13-15H,(H,19,20)/t13-,14-,15+/m1/s1. The second-order valence-electron chi connectivity index (χ2n) is 5.41. The minimum absolute atomic E-state index is 0.0719. The Morgan fingerprint density at radius 3 is 2.22 bits per heavy atom. The van der Waals surface area contributed by atoms with Gasteiger partial charge in [-0.3, -0.25) is 4.79 Å². The molecule has 1 saturated carbocycles. The molecule has 0 heterocycles. The number of carboxylic acid groups (broad SMARTS) is 1. The van der Waals surface area contributed by atoms with Crippen LogP contribution in [0.2, 0.25) is 10.0 Å². The van der Waals surface area contributed by atoms with Crippen molar-refractivity contribution in [3.8, 4) is 0 Å². The maximum atomic E-state index is 12.7. The van der Waals surface area contributed by atoms with E-state index in [4.69, 9.17) is 23.2 Å². The number of aliphatic carboxylic acids is 1. The van der Waals surface area contributed by atoms with Crippen molar-refractivity contribution in [2.75, 3.05) is 0 Å². The van der Waals surface area contributed by atoms with E-state index in [-0.39, 0.29) is 4.90 Å². The zero-order chi connectivity index (χ0) is 16.8. The lowest BCUT2D eigenvalue weighted by Crippen LogP contribution is -2.13. The summed E-state index contributed by atoms with van der Waals surface area (Å²) in [6, 6.07) is 12.4. The maximum absolute atomic E-state index is 12.7. The van der Waals surface area contributed by atoms with Gasteiger partial charge in [-0.2, -0.15) is 0 Å². The highest BCUT2D eigenvalue weighted by atomic mass is 35.5. The summed E-state index contributed by atoms with van der Waals surface area (Å²) in [6.07, 6.45) is 0. The quantitative estimate of drug-likeness (QED) is 0.891. The number of carbonyl (C=O) groups is 1. The summed E-state index contributed by atoms with van der Waals surface area (Å²) in [5.74, 6) is -2.71. The predicted molar refractivity (Wildman–Crippen MR) is 87.7 cm³/mol. The molecule has 0 radical (unpaired) electrons. The summed E-state index contributed by atoms with van der Waals surface area (Å²) in [4.78, 5) is 11.5. The molecule has 4 nitrogen and oxygen atoms in total. The van der Waals surface area contributed by atoms with Crippen molar-refractivity contribution in [2.45, 2.75) is 16.1 Å². The topological polar surface area (TPSA) is 71.4 Å². The molecule has 3 rings (SSSR count). The van der Waals surface area contributed by atoms with Crippen LogP contribution in [0.25, 0.3) is 0 Å². The fourth-order valence-corrected chi connectivity index (χ4v) is 5.30. The largest absolute Gasteiger partial charge is 0.481 e. The van der Waals surface area contributed by atoms with Gasteiger partial charge in [0, 0.05) is 16.0 Å². The molecule has 1 N–H and O–H groups in total. The molecule has 0 unspecified atom stereocenters. The molecule has 7 heteroatoms. The highest BCUT2D eigenvalue weighted by Gasteiger charge is 2.63. The molecule has 120 valence electrons. The van der Waals surface area contributed by atoms with Crippen molar-refractivity contribution >= 4 is 39.0 Å². The van der Waals surface area contributed by atoms with Crippen molar-refractivity contribution in [3.05, 3.63) is 64.1 Å². The molecule has 0 spiro atoms. The van der Waals surface area contributed by atoms with Gasteiger partial charge in [-0.15, -0.1) is 0 Å². The predicted octanol–water partition coefficient (Wildman–Crippen LogP) is 3.63. The van der Waals surface area contributed by atoms with Gasteiger partial charge in [-0.25, -0.2) is 8.42 Å². The van der Waals surface area contributed by atoms with Gasteiger partial charge in [-0.05, 0) is 42.0 Å². The molecule has 0 aromatic heterocycles. The van der Waals surface area contributed by atoms with E-state index in [9.17, 15) is 18.3 Å². The first-order valence-electron chi connectivity index (χ1n) is 6.80. The molecule has 1 aliphatic rings. The Labute approximate surface area is 143 Å². The van der Waals surface area contributed by atoms with E-state index >= 15 is 0 Å². The van der Waals surface area contributed by atoms with Crippen LogP contribution in [0.15, 0.2) is 53.4 Å². The summed E-state index contributed by atoms with van der Waals surface area (Å²) in [5.41, 5.74) is 0.618. The fraction of sp³-hybridized carbons (Fsp3) is 0.188. The Balaban J connectivity index is 2.00. The maximum Gasteiger partial charge on any atom is 0.308 e. The summed E-state index contributed by atoms with van der Waals surface area (Å²) in [5, 5.41) is 9.22. The summed E-state index contributed by atoms with van der Waals surface area (Å²) in [7, 11) is -3.77. The van der Waals surface area contributed by atoms with E-state index in [1.807, 2.05) is 0 Å². The van der Waals surface area contributed by atoms with Crippen LogP contribution in [0.5, 0.6) is 0 Å². The molecule has 3 atom stereocenters. The van der Waals surface area contributed by atoms with Crippen molar-refractivity contribution in [1.29, 1.82) is 0 Å². The molecule has 0 bridgehead atoms. The van der Waals surface area contributed by atoms with E-state index in [2.05, 4.69) is 0 Å². The van der Waals surface area contributed by atoms with Gasteiger partial charge in [0.2, 0.25) is 0 Å². The highest BCUT2D eigenvalue weighted by Crippen LogP contribution is 2.54. The van der Waals surface area contributed by atoms with Crippen LogP contribution >= 0.6 is 23.2 Å². The first kappa shape index (κ1) is 16.3. The van der Waals surface area contributed by atoms with E-state index in [0.717, 1.165) is 0 Å². The molecule has 2 aromatic carbocycles. The zero-order valence-electron chi connectivity index (χ0n) is 11.7. The number of sulfone groups is 1. The van der Waals surface area contributed by atoms with Crippen LogP contribution in [0.3, 0.4) is 0 Å². The summed E-state index contributed by atoms with van der Waals surface area (Å²) in [6.45, 7) is 0. The fourth-order valence-electron chi connectivity index (χ4n) is 2.86. The van der Waals surface area contributed by atoms with Gasteiger partial charge in [-0.1, -0.05) is 35.3 Å². The van der Waals surface area contributed by atoms with Gasteiger partial charge >= 0.3 is 5.97 Å². The first-order valence-corrected chi connectivity index (χ1v) is 9.10. The lowest BCUT2D eigenvalue weighted by Gasteiger charge is -2.04. The molecule has 0 amide bonds. The minimum Gasteiger partial charge on any atom is -0.481 e. The molecule has 0 saturated heterocycles. The first-order chi connectivity index (χ1) is 10.8. The van der Waals surface area contributed by atoms with Gasteiger partial charge < -0.3 is 5.11 Å². The van der Waals surface area contributed by atoms with Gasteiger partial charge in [0.15, 0.2) is 9.84 Å². The third kappa shape index (κ3) is 2.96. The molecule has 2 aromatic rings. The third-order valence-electron chi connectivity index (χ3n) is 3.97. The van der Waals surface area contributed by atoms with Crippen LogP contribution in [0.1, 0.15) is 11.5 Å².